The molecule has 1 fully saturated rings. The van der Waals surface area contributed by atoms with Gasteiger partial charge in [0.25, 0.3) is 0 Å². The standard InChI is InChI=1S/C8H15F2N/c1-11-5-4-7(8(9)10)6-2-3-6/h6-8,11H,2-5H2,1H3. The number of hydrogen-bond donors (Lipinski definition) is 1. The molecule has 1 aliphatic rings. The van der Waals surface area contributed by atoms with Gasteiger partial charge in [0.05, 0.1) is 0 Å². The van der Waals surface area contributed by atoms with Gasteiger partial charge in [-0.05, 0) is 38.8 Å². The van der Waals surface area contributed by atoms with Crippen molar-refractivity contribution < 1.29 is 8.78 Å². The van der Waals surface area contributed by atoms with Crippen molar-refractivity contribution in [2.75, 3.05) is 13.6 Å². The van der Waals surface area contributed by atoms with Crippen molar-refractivity contribution in [3.05, 3.63) is 0 Å². The lowest BCUT2D eigenvalue weighted by atomic mass is 10.0. The minimum atomic E-state index is -2.11. The summed E-state index contributed by atoms with van der Waals surface area (Å²) >= 11 is 0. The lowest BCUT2D eigenvalue weighted by Crippen LogP contribution is -2.20. The minimum absolute atomic E-state index is 0.323. The molecule has 0 aliphatic heterocycles. The van der Waals surface area contributed by atoms with Crippen molar-refractivity contribution in [1.29, 1.82) is 0 Å². The van der Waals surface area contributed by atoms with Crippen molar-refractivity contribution >= 4 is 0 Å². The lowest BCUT2D eigenvalue weighted by Gasteiger charge is -2.13. The fourth-order valence-corrected chi connectivity index (χ4v) is 1.40. The predicted octanol–water partition coefficient (Wildman–Crippen LogP) is 1.89. The summed E-state index contributed by atoms with van der Waals surface area (Å²) in [6.07, 6.45) is 0.534. The molecule has 1 saturated carbocycles. The summed E-state index contributed by atoms with van der Waals surface area (Å²) < 4.78 is 24.6. The molecule has 11 heavy (non-hydrogen) atoms. The summed E-state index contributed by atoms with van der Waals surface area (Å²) in [6.45, 7) is 0.714. The summed E-state index contributed by atoms with van der Waals surface area (Å²) in [4.78, 5) is 0. The second-order valence-corrected chi connectivity index (χ2v) is 3.23. The molecule has 1 aliphatic carbocycles. The van der Waals surface area contributed by atoms with E-state index >= 15 is 0 Å². The number of hydrogen-bond acceptors (Lipinski definition) is 1. The Hall–Kier alpha value is -0.180. The zero-order chi connectivity index (χ0) is 8.27. The molecule has 0 radical (unpaired) electrons. The summed E-state index contributed by atoms with van der Waals surface area (Å²) in [6, 6.07) is 0. The van der Waals surface area contributed by atoms with Crippen LogP contribution in [0.25, 0.3) is 0 Å². The molecule has 0 aromatic rings. The van der Waals surface area contributed by atoms with E-state index in [9.17, 15) is 8.78 Å². The SMILES string of the molecule is CNCCC(C(F)F)C1CC1. The van der Waals surface area contributed by atoms with Gasteiger partial charge in [-0.2, -0.15) is 0 Å². The molecule has 3 heteroatoms. The van der Waals surface area contributed by atoms with E-state index in [1.165, 1.54) is 0 Å². The van der Waals surface area contributed by atoms with E-state index in [0.29, 0.717) is 18.9 Å². The normalized spacial score (nSPS) is 20.7. The largest absolute Gasteiger partial charge is 0.320 e. The van der Waals surface area contributed by atoms with Crippen molar-refractivity contribution in [1.82, 2.24) is 5.32 Å². The maximum atomic E-state index is 12.3. The molecule has 1 unspecified atom stereocenters. The number of alkyl halides is 2. The third kappa shape index (κ3) is 2.73. The van der Waals surface area contributed by atoms with Gasteiger partial charge in [-0.3, -0.25) is 0 Å². The molecule has 0 saturated heterocycles. The molecule has 0 heterocycles. The molecule has 1 nitrogen and oxygen atoms in total. The first kappa shape index (κ1) is 8.91. The molecular weight excluding hydrogens is 148 g/mol. The highest BCUT2D eigenvalue weighted by atomic mass is 19.3. The van der Waals surface area contributed by atoms with Crippen LogP contribution in [0, 0.1) is 11.8 Å². The molecular formula is C8H15F2N. The number of nitrogens with one attached hydrogen (secondary N) is 1. The third-order valence-corrected chi connectivity index (χ3v) is 2.28. The van der Waals surface area contributed by atoms with E-state index in [0.717, 1.165) is 12.8 Å². The van der Waals surface area contributed by atoms with Crippen molar-refractivity contribution in [3.63, 3.8) is 0 Å². The van der Waals surface area contributed by atoms with Crippen LogP contribution < -0.4 is 5.32 Å². The van der Waals surface area contributed by atoms with Gasteiger partial charge in [-0.15, -0.1) is 0 Å². The molecule has 0 aromatic heterocycles. The molecule has 1 N–H and O–H groups in total. The maximum Gasteiger partial charge on any atom is 0.241 e. The first-order chi connectivity index (χ1) is 5.25. The van der Waals surface area contributed by atoms with Crippen LogP contribution in [0.2, 0.25) is 0 Å². The average Bonchev–Trinajstić information content (AvgIpc) is 2.71. The number of halogens is 2. The van der Waals surface area contributed by atoms with Gasteiger partial charge in [0, 0.05) is 5.92 Å². The van der Waals surface area contributed by atoms with E-state index in [1.807, 2.05) is 0 Å². The third-order valence-electron chi connectivity index (χ3n) is 2.28. The van der Waals surface area contributed by atoms with E-state index in [-0.39, 0.29) is 5.92 Å². The Balaban J connectivity index is 2.21. The first-order valence-electron chi connectivity index (χ1n) is 4.18. The van der Waals surface area contributed by atoms with Crippen LogP contribution >= 0.6 is 0 Å². The van der Waals surface area contributed by atoms with Gasteiger partial charge >= 0.3 is 0 Å². The van der Waals surface area contributed by atoms with Gasteiger partial charge in [0.1, 0.15) is 0 Å². The van der Waals surface area contributed by atoms with Gasteiger partial charge in [0.2, 0.25) is 6.43 Å². The van der Waals surface area contributed by atoms with E-state index < -0.39 is 6.43 Å². The van der Waals surface area contributed by atoms with Crippen LogP contribution in [0.3, 0.4) is 0 Å². The topological polar surface area (TPSA) is 12.0 Å². The van der Waals surface area contributed by atoms with Crippen LogP contribution in [-0.4, -0.2) is 20.0 Å². The summed E-state index contributed by atoms with van der Waals surface area (Å²) in [5.41, 5.74) is 0. The lowest BCUT2D eigenvalue weighted by molar-refractivity contribution is 0.0607. The highest BCUT2D eigenvalue weighted by molar-refractivity contribution is 4.82. The average molecular weight is 163 g/mol. The summed E-state index contributed by atoms with van der Waals surface area (Å²) in [7, 11) is 1.80. The Bertz CT molecular complexity index is 111. The second-order valence-electron chi connectivity index (χ2n) is 3.23. The smallest absolute Gasteiger partial charge is 0.241 e. The fraction of sp³-hybridized carbons (Fsp3) is 1.00. The molecule has 1 atom stereocenters. The number of rotatable bonds is 5. The van der Waals surface area contributed by atoms with Crippen molar-refractivity contribution in [2.24, 2.45) is 11.8 Å². The van der Waals surface area contributed by atoms with Crippen LogP contribution in [0.5, 0.6) is 0 Å². The predicted molar refractivity (Wildman–Crippen MR) is 40.8 cm³/mol. The molecule has 0 bridgehead atoms. The van der Waals surface area contributed by atoms with Crippen molar-refractivity contribution in [2.45, 2.75) is 25.7 Å². The highest BCUT2D eigenvalue weighted by Crippen LogP contribution is 2.41. The maximum absolute atomic E-state index is 12.3. The van der Waals surface area contributed by atoms with Crippen molar-refractivity contribution in [3.8, 4) is 0 Å². The minimum Gasteiger partial charge on any atom is -0.320 e. The van der Waals surface area contributed by atoms with Crippen LogP contribution in [0.1, 0.15) is 19.3 Å². The fourth-order valence-electron chi connectivity index (χ4n) is 1.40. The van der Waals surface area contributed by atoms with Gasteiger partial charge < -0.3 is 5.32 Å². The van der Waals surface area contributed by atoms with Gasteiger partial charge in [-0.25, -0.2) is 8.78 Å². The first-order valence-corrected chi connectivity index (χ1v) is 4.18. The summed E-state index contributed by atoms with van der Waals surface area (Å²) in [5, 5.41) is 2.90. The van der Waals surface area contributed by atoms with E-state index in [4.69, 9.17) is 0 Å². The summed E-state index contributed by atoms with van der Waals surface area (Å²) in [5.74, 6) is -0.0224. The zero-order valence-corrected chi connectivity index (χ0v) is 6.82. The highest BCUT2D eigenvalue weighted by Gasteiger charge is 2.36. The Morgan fingerprint density at radius 1 is 1.45 bits per heavy atom. The Morgan fingerprint density at radius 2 is 2.09 bits per heavy atom. The molecule has 0 spiro atoms. The van der Waals surface area contributed by atoms with Crippen LogP contribution in [-0.2, 0) is 0 Å². The van der Waals surface area contributed by atoms with Gasteiger partial charge in [-0.1, -0.05) is 0 Å². The van der Waals surface area contributed by atoms with Crippen LogP contribution in [0.15, 0.2) is 0 Å². The second kappa shape index (κ2) is 4.00. The quantitative estimate of drug-likeness (QED) is 0.652. The van der Waals surface area contributed by atoms with Crippen LogP contribution in [0.4, 0.5) is 8.78 Å². The Labute approximate surface area is 66.2 Å². The molecule has 66 valence electrons. The van der Waals surface area contributed by atoms with E-state index in [1.54, 1.807) is 7.05 Å². The molecule has 1 rings (SSSR count). The Kier molecular flexibility index (Phi) is 3.24. The Morgan fingerprint density at radius 3 is 2.45 bits per heavy atom. The van der Waals surface area contributed by atoms with Gasteiger partial charge in [0.15, 0.2) is 0 Å². The van der Waals surface area contributed by atoms with E-state index in [2.05, 4.69) is 5.32 Å². The monoisotopic (exact) mass is 163 g/mol. The zero-order valence-electron chi connectivity index (χ0n) is 6.82. The molecule has 0 amide bonds. The molecule has 0 aromatic carbocycles.